The van der Waals surface area contributed by atoms with E-state index in [1.807, 2.05) is 0 Å². The lowest BCUT2D eigenvalue weighted by Gasteiger charge is -2.33. The van der Waals surface area contributed by atoms with Crippen molar-refractivity contribution >= 4 is 32.8 Å². The van der Waals surface area contributed by atoms with Crippen LogP contribution >= 0.6 is 22.6 Å². The summed E-state index contributed by atoms with van der Waals surface area (Å²) in [5.74, 6) is 0. The van der Waals surface area contributed by atoms with Crippen LogP contribution in [-0.4, -0.2) is 47.5 Å². The van der Waals surface area contributed by atoms with Gasteiger partial charge in [0.2, 0.25) is 0 Å². The van der Waals surface area contributed by atoms with Crippen LogP contribution in [0.3, 0.4) is 0 Å². The number of methoxy groups -OCH3 is 3. The molecule has 1 atom stereocenters. The number of ether oxygens (including phenoxy) is 3. The van der Waals surface area contributed by atoms with E-state index in [0.717, 1.165) is 14.7 Å². The molecule has 0 saturated carbocycles. The SMILES string of the molecule is COC(CI)C([SiH3])(OC)OC. The van der Waals surface area contributed by atoms with Gasteiger partial charge in [-0.25, -0.2) is 0 Å². The molecule has 0 aliphatic heterocycles. The molecule has 0 bridgehead atoms. The van der Waals surface area contributed by atoms with Crippen molar-refractivity contribution in [3.8, 4) is 0 Å². The van der Waals surface area contributed by atoms with Gasteiger partial charge in [0.15, 0.2) is 5.41 Å². The molecule has 0 radical (unpaired) electrons. The van der Waals surface area contributed by atoms with Crippen molar-refractivity contribution < 1.29 is 14.2 Å². The average molecular weight is 290 g/mol. The molecule has 0 amide bonds. The van der Waals surface area contributed by atoms with Gasteiger partial charge < -0.3 is 14.2 Å². The maximum Gasteiger partial charge on any atom is 0.166 e. The van der Waals surface area contributed by atoms with Crippen LogP contribution in [0.25, 0.3) is 0 Å². The van der Waals surface area contributed by atoms with E-state index in [0.29, 0.717) is 0 Å². The summed E-state index contributed by atoms with van der Waals surface area (Å²) in [6, 6.07) is 0. The highest BCUT2D eigenvalue weighted by molar-refractivity contribution is 14.1. The van der Waals surface area contributed by atoms with Crippen molar-refractivity contribution in [3.05, 3.63) is 0 Å². The maximum absolute atomic E-state index is 5.24. The Morgan fingerprint density at radius 2 is 1.82 bits per heavy atom. The third-order valence-electron chi connectivity index (χ3n) is 1.82. The highest BCUT2D eigenvalue weighted by Gasteiger charge is 2.33. The van der Waals surface area contributed by atoms with E-state index in [4.69, 9.17) is 14.2 Å². The minimum absolute atomic E-state index is 0.0322. The molecule has 0 rings (SSSR count). The van der Waals surface area contributed by atoms with Gasteiger partial charge in [-0.3, -0.25) is 0 Å². The molecular formula is C6H15IO3Si. The Labute approximate surface area is 84.3 Å². The quantitative estimate of drug-likeness (QED) is 0.302. The average Bonchev–Trinajstić information content (AvgIpc) is 2.06. The topological polar surface area (TPSA) is 27.7 Å². The largest absolute Gasteiger partial charge is 0.375 e. The third kappa shape index (κ3) is 2.98. The summed E-state index contributed by atoms with van der Waals surface area (Å²) in [4.78, 5) is 0. The monoisotopic (exact) mass is 290 g/mol. The second-order valence-electron chi connectivity index (χ2n) is 2.30. The molecule has 0 aromatic heterocycles. The Balaban J connectivity index is 4.19. The number of hydrogen-bond acceptors (Lipinski definition) is 3. The molecule has 68 valence electrons. The van der Waals surface area contributed by atoms with Crippen molar-refractivity contribution in [1.29, 1.82) is 0 Å². The maximum atomic E-state index is 5.24. The summed E-state index contributed by atoms with van der Waals surface area (Å²) in [5.41, 5.74) is -0.490. The van der Waals surface area contributed by atoms with Crippen molar-refractivity contribution in [2.75, 3.05) is 25.8 Å². The number of hydrogen-bond donors (Lipinski definition) is 0. The zero-order valence-corrected chi connectivity index (χ0v) is 11.5. The molecule has 3 nitrogen and oxygen atoms in total. The van der Waals surface area contributed by atoms with E-state index in [1.165, 1.54) is 0 Å². The minimum atomic E-state index is -0.490. The van der Waals surface area contributed by atoms with Gasteiger partial charge in [0.1, 0.15) is 6.10 Å². The second kappa shape index (κ2) is 5.47. The van der Waals surface area contributed by atoms with Gasteiger partial charge in [-0.2, -0.15) is 0 Å². The van der Waals surface area contributed by atoms with Gasteiger partial charge in [-0.05, 0) is 0 Å². The predicted molar refractivity (Wildman–Crippen MR) is 56.4 cm³/mol. The van der Waals surface area contributed by atoms with Crippen LogP contribution < -0.4 is 0 Å². The van der Waals surface area contributed by atoms with Crippen LogP contribution in [0.4, 0.5) is 0 Å². The molecule has 0 aliphatic rings. The first-order valence-corrected chi connectivity index (χ1v) is 5.86. The van der Waals surface area contributed by atoms with Crippen LogP contribution in [-0.2, 0) is 14.2 Å². The Hall–Kier alpha value is 0.827. The molecule has 0 aromatic carbocycles. The van der Waals surface area contributed by atoms with Gasteiger partial charge in [0.05, 0.1) is 10.2 Å². The fourth-order valence-corrected chi connectivity index (χ4v) is 3.19. The normalized spacial score (nSPS) is 15.3. The molecule has 0 aromatic rings. The summed E-state index contributed by atoms with van der Waals surface area (Å²) < 4.78 is 16.6. The zero-order chi connectivity index (χ0) is 8.91. The van der Waals surface area contributed by atoms with Gasteiger partial charge in [-0.15, -0.1) is 0 Å². The highest BCUT2D eigenvalue weighted by atomic mass is 127. The van der Waals surface area contributed by atoms with E-state index in [2.05, 4.69) is 22.6 Å². The molecule has 0 heterocycles. The van der Waals surface area contributed by atoms with E-state index >= 15 is 0 Å². The van der Waals surface area contributed by atoms with Crippen LogP contribution in [0.15, 0.2) is 0 Å². The first-order valence-electron chi connectivity index (χ1n) is 3.33. The first-order chi connectivity index (χ1) is 5.14. The number of halogens is 1. The molecule has 5 heteroatoms. The first kappa shape index (κ1) is 11.8. The Morgan fingerprint density at radius 1 is 1.36 bits per heavy atom. The van der Waals surface area contributed by atoms with Crippen LogP contribution in [0.5, 0.6) is 0 Å². The second-order valence-corrected chi connectivity index (χ2v) is 4.58. The fraction of sp³-hybridized carbons (Fsp3) is 1.00. The van der Waals surface area contributed by atoms with Crippen molar-refractivity contribution in [1.82, 2.24) is 0 Å². The fourth-order valence-electron chi connectivity index (χ4n) is 0.763. The number of rotatable bonds is 5. The highest BCUT2D eigenvalue weighted by Crippen LogP contribution is 2.16. The van der Waals surface area contributed by atoms with E-state index in [9.17, 15) is 0 Å². The van der Waals surface area contributed by atoms with Gasteiger partial charge >= 0.3 is 0 Å². The van der Waals surface area contributed by atoms with E-state index in [1.54, 1.807) is 21.3 Å². The van der Waals surface area contributed by atoms with Crippen LogP contribution in [0.2, 0.25) is 0 Å². The standard InChI is InChI=1S/C6H15IO3Si/c1-8-5(4-7)6(11,9-2)10-3/h5H,4H2,1-3,11H3. The Morgan fingerprint density at radius 3 is 1.91 bits per heavy atom. The molecule has 11 heavy (non-hydrogen) atoms. The number of alkyl halides is 1. The van der Waals surface area contributed by atoms with Crippen LogP contribution in [0.1, 0.15) is 0 Å². The third-order valence-corrected chi connectivity index (χ3v) is 4.08. The van der Waals surface area contributed by atoms with Crippen molar-refractivity contribution in [3.63, 3.8) is 0 Å². The van der Waals surface area contributed by atoms with Gasteiger partial charge in [0.25, 0.3) is 0 Å². The lowest BCUT2D eigenvalue weighted by Crippen LogP contribution is -2.48. The summed E-state index contributed by atoms with van der Waals surface area (Å²) in [5, 5.41) is 0. The Kier molecular flexibility index (Phi) is 5.88. The smallest absolute Gasteiger partial charge is 0.166 e. The van der Waals surface area contributed by atoms with E-state index in [-0.39, 0.29) is 6.10 Å². The van der Waals surface area contributed by atoms with Gasteiger partial charge in [-0.1, -0.05) is 22.6 Å². The molecular weight excluding hydrogens is 275 g/mol. The van der Waals surface area contributed by atoms with Crippen molar-refractivity contribution in [2.24, 2.45) is 0 Å². The lowest BCUT2D eigenvalue weighted by molar-refractivity contribution is -0.200. The molecule has 0 spiro atoms. The van der Waals surface area contributed by atoms with Crippen LogP contribution in [0, 0.1) is 0 Å². The lowest BCUT2D eigenvalue weighted by atomic mass is 10.4. The summed E-state index contributed by atoms with van der Waals surface area (Å²) in [6.45, 7) is 0. The Bertz CT molecular complexity index is 104. The minimum Gasteiger partial charge on any atom is -0.375 e. The zero-order valence-electron chi connectivity index (χ0n) is 7.39. The predicted octanol–water partition coefficient (Wildman–Crippen LogP) is -0.252. The summed E-state index contributed by atoms with van der Waals surface area (Å²) in [6.07, 6.45) is 0.0322. The molecule has 0 fully saturated rings. The summed E-state index contributed by atoms with van der Waals surface area (Å²) in [7, 11) is 5.77. The van der Waals surface area contributed by atoms with Gasteiger partial charge in [0, 0.05) is 25.8 Å². The molecule has 0 aliphatic carbocycles. The molecule has 0 saturated heterocycles. The van der Waals surface area contributed by atoms with Crippen molar-refractivity contribution in [2.45, 2.75) is 11.5 Å². The molecule has 1 unspecified atom stereocenters. The summed E-state index contributed by atoms with van der Waals surface area (Å²) >= 11 is 2.26. The molecule has 0 N–H and O–H groups in total. The van der Waals surface area contributed by atoms with E-state index < -0.39 is 5.41 Å².